The van der Waals surface area contributed by atoms with Gasteiger partial charge >= 0.3 is 0 Å². The number of amides is 1. The van der Waals surface area contributed by atoms with Gasteiger partial charge in [-0.1, -0.05) is 58.1 Å². The molecule has 0 saturated carbocycles. The summed E-state index contributed by atoms with van der Waals surface area (Å²) in [7, 11) is 0. The lowest BCUT2D eigenvalue weighted by atomic mass is 10.1. The number of unbranched alkanes of at least 4 members (excludes halogenated alkanes) is 5. The third kappa shape index (κ3) is 9.75. The number of benzene rings is 1. The lowest BCUT2D eigenvalue weighted by Crippen LogP contribution is -2.32. The third-order valence-electron chi connectivity index (χ3n) is 3.99. The summed E-state index contributed by atoms with van der Waals surface area (Å²) in [6.45, 7) is 6.29. The number of hydrogen-bond donors (Lipinski definition) is 3. The van der Waals surface area contributed by atoms with Gasteiger partial charge in [0.1, 0.15) is 0 Å². The van der Waals surface area contributed by atoms with E-state index >= 15 is 0 Å². The quantitative estimate of drug-likeness (QED) is 0.307. The summed E-state index contributed by atoms with van der Waals surface area (Å²) in [4.78, 5) is 16.3. The van der Waals surface area contributed by atoms with Gasteiger partial charge in [0, 0.05) is 18.7 Å². The number of guanidine groups is 1. The van der Waals surface area contributed by atoms with Crippen LogP contribution in [0.1, 0.15) is 74.7 Å². The summed E-state index contributed by atoms with van der Waals surface area (Å²) in [6, 6.07) is 7.53. The van der Waals surface area contributed by atoms with Crippen molar-refractivity contribution in [3.8, 4) is 0 Å². The van der Waals surface area contributed by atoms with Crippen LogP contribution in [0.15, 0.2) is 29.3 Å². The van der Waals surface area contributed by atoms with E-state index < -0.39 is 0 Å². The van der Waals surface area contributed by atoms with E-state index in [0.29, 0.717) is 24.6 Å². The van der Waals surface area contributed by atoms with E-state index in [-0.39, 0.29) is 5.91 Å². The summed E-state index contributed by atoms with van der Waals surface area (Å²) < 4.78 is 0. The van der Waals surface area contributed by atoms with Gasteiger partial charge in [0.05, 0.1) is 6.54 Å². The fourth-order valence-electron chi connectivity index (χ4n) is 2.51. The Hall–Kier alpha value is -2.04. The zero-order valence-electron chi connectivity index (χ0n) is 15.8. The number of hydrogen-bond acceptors (Lipinski definition) is 2. The molecule has 5 nitrogen and oxygen atoms in total. The summed E-state index contributed by atoms with van der Waals surface area (Å²) in [5, 5.41) is 6.04. The highest BCUT2D eigenvalue weighted by molar-refractivity contribution is 5.94. The Morgan fingerprint density at radius 2 is 1.76 bits per heavy atom. The highest BCUT2D eigenvalue weighted by Crippen LogP contribution is 2.07. The van der Waals surface area contributed by atoms with Crippen LogP contribution in [0.25, 0.3) is 0 Å². The molecule has 1 aromatic rings. The molecule has 1 amide bonds. The van der Waals surface area contributed by atoms with Crippen molar-refractivity contribution in [2.75, 3.05) is 13.1 Å². The summed E-state index contributed by atoms with van der Waals surface area (Å²) in [5.41, 5.74) is 7.55. The maximum atomic E-state index is 12.0. The minimum atomic E-state index is -0.0400. The van der Waals surface area contributed by atoms with E-state index in [2.05, 4.69) is 22.5 Å². The minimum absolute atomic E-state index is 0.0400. The summed E-state index contributed by atoms with van der Waals surface area (Å²) in [6.07, 6.45) is 8.49. The van der Waals surface area contributed by atoms with Crippen molar-refractivity contribution in [1.82, 2.24) is 10.6 Å². The van der Waals surface area contributed by atoms with Crippen molar-refractivity contribution in [2.45, 2.75) is 65.3 Å². The van der Waals surface area contributed by atoms with Crippen molar-refractivity contribution < 1.29 is 4.79 Å². The molecule has 0 saturated heterocycles. The van der Waals surface area contributed by atoms with Crippen LogP contribution in [0.4, 0.5) is 0 Å². The van der Waals surface area contributed by atoms with Gasteiger partial charge in [0.25, 0.3) is 5.91 Å². The normalized spacial score (nSPS) is 11.4. The molecule has 0 aromatic heterocycles. The molecule has 4 N–H and O–H groups in total. The molecule has 0 aliphatic carbocycles. The van der Waals surface area contributed by atoms with Crippen molar-refractivity contribution in [2.24, 2.45) is 10.7 Å². The van der Waals surface area contributed by atoms with Crippen molar-refractivity contribution in [3.05, 3.63) is 35.4 Å². The first kappa shape index (κ1) is 21.0. The Morgan fingerprint density at radius 1 is 1.00 bits per heavy atom. The van der Waals surface area contributed by atoms with E-state index in [0.717, 1.165) is 24.9 Å². The number of nitrogens with zero attached hydrogens (tertiary/aromatic N) is 1. The maximum Gasteiger partial charge on any atom is 0.251 e. The van der Waals surface area contributed by atoms with Crippen LogP contribution in [-0.4, -0.2) is 25.0 Å². The molecule has 0 unspecified atom stereocenters. The van der Waals surface area contributed by atoms with Crippen molar-refractivity contribution in [1.29, 1.82) is 0 Å². The molecule has 0 spiro atoms. The van der Waals surface area contributed by atoms with Crippen LogP contribution in [-0.2, 0) is 6.54 Å². The maximum absolute atomic E-state index is 12.0. The molecule has 0 fully saturated rings. The van der Waals surface area contributed by atoms with E-state index in [1.807, 2.05) is 31.2 Å². The molecule has 5 heteroatoms. The number of nitrogens with two attached hydrogens (primary N) is 1. The van der Waals surface area contributed by atoms with E-state index in [1.54, 1.807) is 0 Å². The molecule has 0 heterocycles. The molecule has 25 heavy (non-hydrogen) atoms. The molecule has 0 bridgehead atoms. The fraction of sp³-hybridized carbons (Fsp3) is 0.600. The first-order valence-electron chi connectivity index (χ1n) is 9.58. The molecule has 0 aliphatic rings. The van der Waals surface area contributed by atoms with Crippen LogP contribution < -0.4 is 16.4 Å². The highest BCUT2D eigenvalue weighted by Gasteiger charge is 2.05. The van der Waals surface area contributed by atoms with Gasteiger partial charge in [-0.15, -0.1) is 0 Å². The second-order valence-corrected chi connectivity index (χ2v) is 6.35. The Kier molecular flexibility index (Phi) is 11.2. The molecule has 0 atom stereocenters. The zero-order chi connectivity index (χ0) is 18.3. The van der Waals surface area contributed by atoms with Gasteiger partial charge in [-0.25, -0.2) is 4.99 Å². The average molecular weight is 347 g/mol. The van der Waals surface area contributed by atoms with Crippen LogP contribution in [0.5, 0.6) is 0 Å². The number of carbonyl (C=O) groups excluding carboxylic acids is 1. The van der Waals surface area contributed by atoms with E-state index in [4.69, 9.17) is 5.73 Å². The predicted octanol–water partition coefficient (Wildman–Crippen LogP) is 3.59. The van der Waals surface area contributed by atoms with Gasteiger partial charge in [-0.3, -0.25) is 4.79 Å². The van der Waals surface area contributed by atoms with Gasteiger partial charge < -0.3 is 16.4 Å². The second kappa shape index (κ2) is 13.3. The third-order valence-corrected chi connectivity index (χ3v) is 3.99. The molecule has 1 aromatic carbocycles. The lowest BCUT2D eigenvalue weighted by molar-refractivity contribution is 0.0953. The first-order valence-corrected chi connectivity index (χ1v) is 9.58. The van der Waals surface area contributed by atoms with Gasteiger partial charge in [-0.05, 0) is 30.5 Å². The lowest BCUT2D eigenvalue weighted by Gasteiger charge is -2.07. The fourth-order valence-corrected chi connectivity index (χ4v) is 2.51. The Labute approximate surface area is 152 Å². The number of nitrogens with one attached hydrogen (secondary N) is 2. The Morgan fingerprint density at radius 3 is 2.52 bits per heavy atom. The van der Waals surface area contributed by atoms with Crippen LogP contribution >= 0.6 is 0 Å². The monoisotopic (exact) mass is 346 g/mol. The van der Waals surface area contributed by atoms with Crippen LogP contribution in [0.2, 0.25) is 0 Å². The molecule has 1 rings (SSSR count). The standard InChI is InChI=1S/C20H34N4O/c1-3-5-6-7-8-9-14-23-20(21)24-16-17-11-10-12-18(15-17)19(25)22-13-4-2/h10-12,15H,3-9,13-14,16H2,1-2H3,(H,22,25)(H3,21,23,24). The smallest absolute Gasteiger partial charge is 0.251 e. The van der Waals surface area contributed by atoms with E-state index in [1.165, 1.54) is 32.1 Å². The minimum Gasteiger partial charge on any atom is -0.370 e. The molecule has 0 radical (unpaired) electrons. The first-order chi connectivity index (χ1) is 12.2. The average Bonchev–Trinajstić information content (AvgIpc) is 2.64. The van der Waals surface area contributed by atoms with Gasteiger partial charge in [-0.2, -0.15) is 0 Å². The van der Waals surface area contributed by atoms with Gasteiger partial charge in [0.15, 0.2) is 5.96 Å². The van der Waals surface area contributed by atoms with Crippen molar-refractivity contribution >= 4 is 11.9 Å². The topological polar surface area (TPSA) is 79.5 Å². The highest BCUT2D eigenvalue weighted by atomic mass is 16.1. The molecular weight excluding hydrogens is 312 g/mol. The van der Waals surface area contributed by atoms with E-state index in [9.17, 15) is 4.79 Å². The number of rotatable bonds is 12. The molecular formula is C20H34N4O. The predicted molar refractivity (Wildman–Crippen MR) is 106 cm³/mol. The largest absolute Gasteiger partial charge is 0.370 e. The van der Waals surface area contributed by atoms with Gasteiger partial charge in [0.2, 0.25) is 0 Å². The number of carbonyl (C=O) groups is 1. The Balaban J connectivity index is 2.33. The zero-order valence-corrected chi connectivity index (χ0v) is 15.8. The number of aliphatic imine (C=N–C) groups is 1. The molecule has 140 valence electrons. The van der Waals surface area contributed by atoms with Crippen molar-refractivity contribution in [3.63, 3.8) is 0 Å². The van der Waals surface area contributed by atoms with Crippen LogP contribution in [0.3, 0.4) is 0 Å². The van der Waals surface area contributed by atoms with Crippen LogP contribution in [0, 0.1) is 0 Å². The summed E-state index contributed by atoms with van der Waals surface area (Å²) in [5.74, 6) is 0.427. The molecule has 0 aliphatic heterocycles. The Bertz CT molecular complexity index is 528. The summed E-state index contributed by atoms with van der Waals surface area (Å²) >= 11 is 0. The SMILES string of the molecule is CCCCCCCCNC(N)=NCc1cccc(C(=O)NCCC)c1. The second-order valence-electron chi connectivity index (χ2n) is 6.35.